The largest absolute Gasteiger partial charge is 0.306 e. The molecule has 1 saturated carbocycles. The van der Waals surface area contributed by atoms with Crippen LogP contribution in [0.15, 0.2) is 30.4 Å². The highest BCUT2D eigenvalue weighted by atomic mass is 19.1. The lowest BCUT2D eigenvalue weighted by atomic mass is 9.85. The summed E-state index contributed by atoms with van der Waals surface area (Å²) >= 11 is 0. The number of carbonyl (C=O) groups excluding carboxylic acids is 2. The summed E-state index contributed by atoms with van der Waals surface area (Å²) < 4.78 is 13.4. The van der Waals surface area contributed by atoms with Crippen molar-refractivity contribution in [3.8, 4) is 0 Å². The third-order valence-corrected chi connectivity index (χ3v) is 4.85. The highest BCUT2D eigenvalue weighted by Gasteiger charge is 2.59. The number of nitro benzene ring substituents is 1. The number of allylic oxidation sites excluding steroid dienone is 2. The van der Waals surface area contributed by atoms with Gasteiger partial charge in [0.2, 0.25) is 17.6 Å². The second-order valence-electron chi connectivity index (χ2n) is 5.90. The van der Waals surface area contributed by atoms with Crippen molar-refractivity contribution < 1.29 is 18.9 Å². The maximum atomic E-state index is 13.4. The normalized spacial score (nSPS) is 30.6. The van der Waals surface area contributed by atoms with Crippen molar-refractivity contribution >= 4 is 23.2 Å². The maximum Gasteiger partial charge on any atom is 0.306 e. The SMILES string of the molecule is C.O=C1[C@@H]2[C@H](C(=O)N1c1ccc(F)c([N+](=O)[O-])c1)[C@H]1C=C[C@@H]2C1. The molecule has 1 aromatic carbocycles. The number of rotatable bonds is 2. The van der Waals surface area contributed by atoms with Gasteiger partial charge in [-0.3, -0.25) is 19.7 Å². The number of carbonyl (C=O) groups is 2. The van der Waals surface area contributed by atoms with E-state index in [0.29, 0.717) is 0 Å². The van der Waals surface area contributed by atoms with Crippen molar-refractivity contribution in [2.75, 3.05) is 4.90 Å². The zero-order valence-electron chi connectivity index (χ0n) is 11.3. The molecule has 3 aliphatic rings. The molecule has 1 aromatic rings. The van der Waals surface area contributed by atoms with Crippen molar-refractivity contribution in [3.05, 3.63) is 46.3 Å². The average Bonchev–Trinajstić information content (AvgIpc) is 3.14. The van der Waals surface area contributed by atoms with Crippen molar-refractivity contribution in [3.63, 3.8) is 0 Å². The van der Waals surface area contributed by atoms with Gasteiger partial charge in [0, 0.05) is 6.07 Å². The van der Waals surface area contributed by atoms with E-state index in [4.69, 9.17) is 0 Å². The van der Waals surface area contributed by atoms with E-state index in [-0.39, 0.29) is 48.6 Å². The van der Waals surface area contributed by atoms with Crippen LogP contribution in [0.1, 0.15) is 13.8 Å². The molecule has 23 heavy (non-hydrogen) atoms. The smallest absolute Gasteiger partial charge is 0.274 e. The quantitative estimate of drug-likeness (QED) is 0.363. The Morgan fingerprint density at radius 1 is 1.13 bits per heavy atom. The molecule has 2 fully saturated rings. The van der Waals surface area contributed by atoms with E-state index in [1.807, 2.05) is 12.2 Å². The molecule has 0 radical (unpaired) electrons. The molecule has 0 unspecified atom stereocenters. The number of nitro groups is 1. The van der Waals surface area contributed by atoms with E-state index in [2.05, 4.69) is 0 Å². The lowest BCUT2D eigenvalue weighted by Gasteiger charge is -2.17. The number of benzene rings is 1. The summed E-state index contributed by atoms with van der Waals surface area (Å²) in [5, 5.41) is 10.8. The van der Waals surface area contributed by atoms with Gasteiger partial charge >= 0.3 is 5.69 Å². The topological polar surface area (TPSA) is 80.5 Å². The standard InChI is InChI=1S/C15H11FN2O4.CH4/c16-10-4-3-9(6-11(10)18(21)22)17-14(19)12-7-1-2-8(5-7)13(12)15(17)20;/h1-4,6-8,12-13H,5H2;1H4/t7-,8+,12+,13-;. The summed E-state index contributed by atoms with van der Waals surface area (Å²) in [4.78, 5) is 36.1. The molecule has 7 heteroatoms. The molecular formula is C16H15FN2O4. The van der Waals surface area contributed by atoms with E-state index in [1.165, 1.54) is 6.07 Å². The van der Waals surface area contributed by atoms with E-state index >= 15 is 0 Å². The Kier molecular flexibility index (Phi) is 3.31. The summed E-state index contributed by atoms with van der Waals surface area (Å²) in [6.45, 7) is 0. The van der Waals surface area contributed by atoms with Gasteiger partial charge in [-0.1, -0.05) is 19.6 Å². The van der Waals surface area contributed by atoms with Crippen LogP contribution in [-0.4, -0.2) is 16.7 Å². The Bertz CT molecular complexity index is 730. The van der Waals surface area contributed by atoms with Gasteiger partial charge in [-0.05, 0) is 30.4 Å². The van der Waals surface area contributed by atoms with E-state index in [1.54, 1.807) is 0 Å². The molecule has 4 rings (SSSR count). The van der Waals surface area contributed by atoms with Crippen LogP contribution in [0, 0.1) is 39.6 Å². The van der Waals surface area contributed by atoms with Crippen LogP contribution in [0.5, 0.6) is 0 Å². The first-order valence-electron chi connectivity index (χ1n) is 6.99. The third kappa shape index (κ3) is 1.92. The fourth-order valence-electron chi connectivity index (χ4n) is 3.94. The zero-order valence-corrected chi connectivity index (χ0v) is 11.3. The second-order valence-corrected chi connectivity index (χ2v) is 5.90. The minimum atomic E-state index is -0.991. The predicted octanol–water partition coefficient (Wildman–Crippen LogP) is 2.68. The summed E-state index contributed by atoms with van der Waals surface area (Å²) in [5.74, 6) is -2.31. The highest BCUT2D eigenvalue weighted by Crippen LogP contribution is 2.53. The molecule has 2 bridgehead atoms. The van der Waals surface area contributed by atoms with Gasteiger partial charge in [-0.25, -0.2) is 4.90 Å². The number of amides is 2. The van der Waals surface area contributed by atoms with Crippen LogP contribution in [0.4, 0.5) is 15.8 Å². The number of hydrogen-bond acceptors (Lipinski definition) is 4. The molecule has 0 N–H and O–H groups in total. The summed E-state index contributed by atoms with van der Waals surface area (Å²) in [5.41, 5.74) is -0.673. The van der Waals surface area contributed by atoms with Crippen molar-refractivity contribution in [1.29, 1.82) is 0 Å². The third-order valence-electron chi connectivity index (χ3n) is 4.85. The number of nitrogens with zero attached hydrogens (tertiary/aromatic N) is 2. The molecule has 1 heterocycles. The van der Waals surface area contributed by atoms with Gasteiger partial charge in [0.1, 0.15) is 0 Å². The van der Waals surface area contributed by atoms with Gasteiger partial charge in [-0.2, -0.15) is 4.39 Å². The maximum absolute atomic E-state index is 13.4. The van der Waals surface area contributed by atoms with Gasteiger partial charge in [0.05, 0.1) is 22.4 Å². The van der Waals surface area contributed by atoms with E-state index in [0.717, 1.165) is 23.5 Å². The van der Waals surface area contributed by atoms with Gasteiger partial charge in [-0.15, -0.1) is 0 Å². The molecule has 0 aromatic heterocycles. The highest BCUT2D eigenvalue weighted by molar-refractivity contribution is 6.22. The molecule has 4 atom stereocenters. The number of imide groups is 1. The Morgan fingerprint density at radius 2 is 1.70 bits per heavy atom. The fourth-order valence-corrected chi connectivity index (χ4v) is 3.94. The predicted molar refractivity (Wildman–Crippen MR) is 80.0 cm³/mol. The average molecular weight is 318 g/mol. The first kappa shape index (κ1) is 15.3. The Morgan fingerprint density at radius 3 is 2.22 bits per heavy atom. The number of fused-ring (bicyclic) bond motifs is 5. The van der Waals surface area contributed by atoms with Crippen molar-refractivity contribution in [2.24, 2.45) is 23.7 Å². The molecular weight excluding hydrogens is 303 g/mol. The Hall–Kier alpha value is -2.57. The van der Waals surface area contributed by atoms with Crippen LogP contribution in [0.25, 0.3) is 0 Å². The minimum Gasteiger partial charge on any atom is -0.274 e. The molecule has 1 aliphatic heterocycles. The summed E-state index contributed by atoms with van der Waals surface area (Å²) in [7, 11) is 0. The second kappa shape index (κ2) is 4.97. The van der Waals surface area contributed by atoms with Crippen LogP contribution < -0.4 is 4.90 Å². The monoisotopic (exact) mass is 318 g/mol. The van der Waals surface area contributed by atoms with Gasteiger partial charge < -0.3 is 0 Å². The fraction of sp³-hybridized carbons (Fsp3) is 0.375. The molecule has 0 spiro atoms. The Balaban J connectivity index is 0.00000156. The van der Waals surface area contributed by atoms with Gasteiger partial charge in [0.15, 0.2) is 0 Å². The van der Waals surface area contributed by atoms with Crippen molar-refractivity contribution in [2.45, 2.75) is 13.8 Å². The molecule has 1 saturated heterocycles. The first-order valence-corrected chi connectivity index (χ1v) is 6.99. The van der Waals surface area contributed by atoms with Crippen molar-refractivity contribution in [1.82, 2.24) is 0 Å². The summed E-state index contributed by atoms with van der Waals surface area (Å²) in [6.07, 6.45) is 4.74. The van der Waals surface area contributed by atoms with Crippen LogP contribution >= 0.6 is 0 Å². The van der Waals surface area contributed by atoms with Crippen LogP contribution in [0.2, 0.25) is 0 Å². The van der Waals surface area contributed by atoms with Crippen LogP contribution in [0.3, 0.4) is 0 Å². The summed E-state index contributed by atoms with van der Waals surface area (Å²) in [6, 6.07) is 3.09. The molecule has 120 valence electrons. The molecule has 2 amide bonds. The number of hydrogen-bond donors (Lipinski definition) is 0. The zero-order chi connectivity index (χ0) is 15.6. The number of halogens is 1. The minimum absolute atomic E-state index is 0. The van der Waals surface area contributed by atoms with E-state index < -0.39 is 16.4 Å². The lowest BCUT2D eigenvalue weighted by Crippen LogP contribution is -2.32. The molecule has 6 nitrogen and oxygen atoms in total. The van der Waals surface area contributed by atoms with E-state index in [9.17, 15) is 24.1 Å². The molecule has 2 aliphatic carbocycles. The first-order chi connectivity index (χ1) is 10.5. The lowest BCUT2D eigenvalue weighted by molar-refractivity contribution is -0.387. The number of anilines is 1. The van der Waals surface area contributed by atoms with Crippen LogP contribution in [-0.2, 0) is 9.59 Å². The Labute approximate surface area is 131 Å². The van der Waals surface area contributed by atoms with Gasteiger partial charge in [0.25, 0.3) is 0 Å².